The number of nitrogen functional groups attached to an aromatic ring is 1. The van der Waals surface area contributed by atoms with Gasteiger partial charge in [0, 0.05) is 13.1 Å². The minimum atomic E-state index is 0.470. The van der Waals surface area contributed by atoms with E-state index in [1.807, 2.05) is 18.2 Å². The number of halogens is 1. The van der Waals surface area contributed by atoms with E-state index in [4.69, 9.17) is 22.6 Å². The molecule has 0 aliphatic carbocycles. The Morgan fingerprint density at radius 3 is 2.71 bits per heavy atom. The summed E-state index contributed by atoms with van der Waals surface area (Å²) in [6, 6.07) is 7.65. The zero-order valence-corrected chi connectivity index (χ0v) is 11.0. The molecule has 0 saturated heterocycles. The number of nitrogens with two attached hydrogens (primary N) is 1. The summed E-state index contributed by atoms with van der Waals surface area (Å²) in [5.41, 5.74) is 7.47. The maximum absolute atomic E-state index is 8.69. The predicted molar refractivity (Wildman–Crippen MR) is 73.1 cm³/mol. The number of para-hydroxylation sites is 1. The lowest BCUT2D eigenvalue weighted by Crippen LogP contribution is -2.29. The van der Waals surface area contributed by atoms with Crippen molar-refractivity contribution in [3.63, 3.8) is 0 Å². The molecule has 0 radical (unpaired) electrons. The van der Waals surface area contributed by atoms with Crippen LogP contribution in [0, 0.1) is 17.2 Å². The lowest BCUT2D eigenvalue weighted by Gasteiger charge is -2.28. The highest BCUT2D eigenvalue weighted by molar-refractivity contribution is 6.34. The normalized spacial score (nSPS) is 10.3. The van der Waals surface area contributed by atoms with Gasteiger partial charge in [0.05, 0.1) is 28.9 Å². The van der Waals surface area contributed by atoms with Crippen molar-refractivity contribution in [1.82, 2.24) is 0 Å². The maximum atomic E-state index is 8.69. The van der Waals surface area contributed by atoms with Crippen LogP contribution >= 0.6 is 11.6 Å². The molecule has 0 aromatic heterocycles. The molecule has 4 heteroatoms. The lowest BCUT2D eigenvalue weighted by molar-refractivity contribution is 0.613. The first-order chi connectivity index (χ1) is 8.06. The minimum absolute atomic E-state index is 0.470. The summed E-state index contributed by atoms with van der Waals surface area (Å²) < 4.78 is 0. The minimum Gasteiger partial charge on any atom is -0.397 e. The monoisotopic (exact) mass is 251 g/mol. The molecule has 0 amide bonds. The third kappa shape index (κ3) is 3.83. The summed E-state index contributed by atoms with van der Waals surface area (Å²) in [7, 11) is 0. The molecule has 17 heavy (non-hydrogen) atoms. The Hall–Kier alpha value is -1.40. The van der Waals surface area contributed by atoms with Crippen LogP contribution in [0.25, 0.3) is 0 Å². The second-order valence-corrected chi connectivity index (χ2v) is 4.83. The van der Waals surface area contributed by atoms with Crippen molar-refractivity contribution >= 4 is 23.0 Å². The summed E-state index contributed by atoms with van der Waals surface area (Å²) in [5.74, 6) is 0.490. The number of hydrogen-bond donors (Lipinski definition) is 1. The fraction of sp³-hybridized carbons (Fsp3) is 0.462. The molecule has 0 fully saturated rings. The molecule has 0 unspecified atom stereocenters. The number of hydrogen-bond acceptors (Lipinski definition) is 3. The average Bonchev–Trinajstić information content (AvgIpc) is 2.24. The maximum Gasteiger partial charge on any atom is 0.0789 e. The van der Waals surface area contributed by atoms with Gasteiger partial charge in [0.2, 0.25) is 0 Å². The number of nitrogens with zero attached hydrogens (tertiary/aromatic N) is 2. The Balaban J connectivity index is 2.99. The van der Waals surface area contributed by atoms with E-state index in [1.54, 1.807) is 0 Å². The van der Waals surface area contributed by atoms with E-state index >= 15 is 0 Å². The molecule has 0 heterocycles. The van der Waals surface area contributed by atoms with Gasteiger partial charge in [-0.3, -0.25) is 0 Å². The molecule has 0 aliphatic rings. The average molecular weight is 252 g/mol. The van der Waals surface area contributed by atoms with Gasteiger partial charge >= 0.3 is 0 Å². The van der Waals surface area contributed by atoms with Gasteiger partial charge < -0.3 is 10.6 Å². The molecule has 2 N–H and O–H groups in total. The van der Waals surface area contributed by atoms with Crippen LogP contribution in [0.4, 0.5) is 11.4 Å². The second-order valence-electron chi connectivity index (χ2n) is 4.43. The fourth-order valence-corrected chi connectivity index (χ4v) is 2.09. The third-order valence-electron chi connectivity index (χ3n) is 2.41. The van der Waals surface area contributed by atoms with Gasteiger partial charge in [0.1, 0.15) is 0 Å². The zero-order chi connectivity index (χ0) is 12.8. The van der Waals surface area contributed by atoms with E-state index < -0.39 is 0 Å². The Labute approximate surface area is 108 Å². The third-order valence-corrected chi connectivity index (χ3v) is 2.72. The molecular formula is C13H18ClN3. The van der Waals surface area contributed by atoms with Crippen molar-refractivity contribution in [3.05, 3.63) is 23.2 Å². The molecule has 1 rings (SSSR count). The number of anilines is 2. The van der Waals surface area contributed by atoms with Crippen molar-refractivity contribution in [3.8, 4) is 6.07 Å². The van der Waals surface area contributed by atoms with Crippen molar-refractivity contribution in [1.29, 1.82) is 5.26 Å². The largest absolute Gasteiger partial charge is 0.397 e. The summed E-state index contributed by atoms with van der Waals surface area (Å²) in [6.07, 6.45) is 0.470. The number of rotatable bonds is 5. The molecule has 0 spiro atoms. The van der Waals surface area contributed by atoms with Crippen LogP contribution in [0.2, 0.25) is 5.02 Å². The topological polar surface area (TPSA) is 53.0 Å². The SMILES string of the molecule is CC(C)CN(CCC#N)c1c(N)cccc1Cl. The molecule has 0 aliphatic heterocycles. The molecule has 0 saturated carbocycles. The van der Waals surface area contributed by atoms with Gasteiger partial charge in [0.25, 0.3) is 0 Å². The quantitative estimate of drug-likeness (QED) is 0.817. The summed E-state index contributed by atoms with van der Waals surface area (Å²) in [6.45, 7) is 5.76. The number of nitriles is 1. The zero-order valence-electron chi connectivity index (χ0n) is 10.3. The highest BCUT2D eigenvalue weighted by atomic mass is 35.5. The van der Waals surface area contributed by atoms with Crippen LogP contribution in [0.3, 0.4) is 0 Å². The summed E-state index contributed by atoms with van der Waals surface area (Å²) in [5, 5.41) is 9.34. The van der Waals surface area contributed by atoms with E-state index in [2.05, 4.69) is 24.8 Å². The van der Waals surface area contributed by atoms with E-state index in [0.717, 1.165) is 12.2 Å². The van der Waals surface area contributed by atoms with Gasteiger partial charge in [-0.1, -0.05) is 31.5 Å². The molecule has 3 nitrogen and oxygen atoms in total. The van der Waals surface area contributed by atoms with Gasteiger partial charge in [0.15, 0.2) is 0 Å². The van der Waals surface area contributed by atoms with E-state index in [9.17, 15) is 0 Å². The van der Waals surface area contributed by atoms with Crippen molar-refractivity contribution < 1.29 is 0 Å². The van der Waals surface area contributed by atoms with E-state index in [0.29, 0.717) is 29.6 Å². The molecule has 0 atom stereocenters. The van der Waals surface area contributed by atoms with Gasteiger partial charge in [-0.15, -0.1) is 0 Å². The van der Waals surface area contributed by atoms with Crippen LogP contribution < -0.4 is 10.6 Å². The van der Waals surface area contributed by atoms with Gasteiger partial charge in [-0.25, -0.2) is 0 Å². The standard InChI is InChI=1S/C13H18ClN3/c1-10(2)9-17(8-4-7-15)13-11(14)5-3-6-12(13)16/h3,5-6,10H,4,8-9,16H2,1-2H3. The second kappa shape index (κ2) is 6.36. The first-order valence-electron chi connectivity index (χ1n) is 5.72. The molecule has 92 valence electrons. The first-order valence-corrected chi connectivity index (χ1v) is 6.10. The fourth-order valence-electron chi connectivity index (χ4n) is 1.79. The van der Waals surface area contributed by atoms with Crippen molar-refractivity contribution in [2.45, 2.75) is 20.3 Å². The Morgan fingerprint density at radius 1 is 1.47 bits per heavy atom. The van der Waals surface area contributed by atoms with Crippen LogP contribution in [0.5, 0.6) is 0 Å². The Kier molecular flexibility index (Phi) is 5.11. The van der Waals surface area contributed by atoms with Crippen molar-refractivity contribution in [2.24, 2.45) is 5.92 Å². The first kappa shape index (κ1) is 13.7. The molecule has 1 aromatic rings. The highest BCUT2D eigenvalue weighted by Crippen LogP contribution is 2.32. The summed E-state index contributed by atoms with van der Waals surface area (Å²) >= 11 is 6.18. The Morgan fingerprint density at radius 2 is 2.18 bits per heavy atom. The summed E-state index contributed by atoms with van der Waals surface area (Å²) in [4.78, 5) is 2.09. The van der Waals surface area contributed by atoms with Crippen LogP contribution in [-0.2, 0) is 0 Å². The van der Waals surface area contributed by atoms with Crippen LogP contribution in [-0.4, -0.2) is 13.1 Å². The number of benzene rings is 1. The molecule has 1 aromatic carbocycles. The Bertz CT molecular complexity index is 389. The van der Waals surface area contributed by atoms with E-state index in [1.165, 1.54) is 0 Å². The van der Waals surface area contributed by atoms with Gasteiger partial charge in [-0.05, 0) is 18.1 Å². The highest BCUT2D eigenvalue weighted by Gasteiger charge is 2.14. The smallest absolute Gasteiger partial charge is 0.0789 e. The van der Waals surface area contributed by atoms with E-state index in [-0.39, 0.29) is 0 Å². The predicted octanol–water partition coefficient (Wildman–Crippen LogP) is 3.30. The van der Waals surface area contributed by atoms with Crippen molar-refractivity contribution in [2.75, 3.05) is 23.7 Å². The molecule has 0 bridgehead atoms. The van der Waals surface area contributed by atoms with Crippen LogP contribution in [0.1, 0.15) is 20.3 Å². The molecular weight excluding hydrogens is 234 g/mol. The van der Waals surface area contributed by atoms with Gasteiger partial charge in [-0.2, -0.15) is 5.26 Å². The lowest BCUT2D eigenvalue weighted by atomic mass is 10.1. The van der Waals surface area contributed by atoms with Crippen LogP contribution in [0.15, 0.2) is 18.2 Å².